The Kier molecular flexibility index (Phi) is 5.72. The molecule has 0 bridgehead atoms. The molecule has 146 valence electrons. The number of furan rings is 1. The van der Waals surface area contributed by atoms with E-state index in [1.54, 1.807) is 0 Å². The topological polar surface area (TPSA) is 51.5 Å². The standard InChI is InChI=1S/C19H19F4NO3/c1-10-4-2-3-5-14(10)24-19(25)15-7-6-11(27-15)9-26-18-16(22)12(20)8-13(21)17(18)23/h6-8,10,14H,2-5,9H2,1H3,(H,24,25). The molecular formula is C19H19F4NO3. The summed E-state index contributed by atoms with van der Waals surface area (Å²) in [5, 5.41) is 2.91. The third-order valence-electron chi connectivity index (χ3n) is 4.74. The summed E-state index contributed by atoms with van der Waals surface area (Å²) >= 11 is 0. The first-order valence-corrected chi connectivity index (χ1v) is 8.72. The fraction of sp³-hybridized carbons (Fsp3) is 0.421. The van der Waals surface area contributed by atoms with E-state index in [-0.39, 0.29) is 23.6 Å². The van der Waals surface area contributed by atoms with Crippen molar-refractivity contribution in [2.24, 2.45) is 5.92 Å². The Hall–Kier alpha value is -2.51. The molecule has 1 aromatic heterocycles. The monoisotopic (exact) mass is 385 g/mol. The van der Waals surface area contributed by atoms with Crippen LogP contribution in [-0.2, 0) is 6.61 Å². The van der Waals surface area contributed by atoms with Crippen LogP contribution in [0.3, 0.4) is 0 Å². The van der Waals surface area contributed by atoms with Gasteiger partial charge in [-0.25, -0.2) is 8.78 Å². The van der Waals surface area contributed by atoms with Crippen LogP contribution in [-0.4, -0.2) is 11.9 Å². The molecule has 27 heavy (non-hydrogen) atoms. The molecule has 3 rings (SSSR count). The molecule has 2 aromatic rings. The molecular weight excluding hydrogens is 366 g/mol. The first-order valence-electron chi connectivity index (χ1n) is 8.72. The molecule has 0 saturated heterocycles. The van der Waals surface area contributed by atoms with Crippen LogP contribution in [0.1, 0.15) is 48.9 Å². The van der Waals surface area contributed by atoms with Gasteiger partial charge in [0.1, 0.15) is 12.4 Å². The third-order valence-corrected chi connectivity index (χ3v) is 4.74. The second-order valence-corrected chi connectivity index (χ2v) is 6.69. The highest BCUT2D eigenvalue weighted by molar-refractivity contribution is 5.91. The average molecular weight is 385 g/mol. The lowest BCUT2D eigenvalue weighted by Gasteiger charge is -2.29. The summed E-state index contributed by atoms with van der Waals surface area (Å²) in [6, 6.07) is 2.96. The normalized spacial score (nSPS) is 19.7. The zero-order chi connectivity index (χ0) is 19.6. The minimum Gasteiger partial charge on any atom is -0.479 e. The highest BCUT2D eigenvalue weighted by Gasteiger charge is 2.25. The Labute approximate surface area is 153 Å². The van der Waals surface area contributed by atoms with Gasteiger partial charge in [-0.05, 0) is 30.9 Å². The van der Waals surface area contributed by atoms with Gasteiger partial charge in [-0.2, -0.15) is 8.78 Å². The number of halogens is 4. The number of nitrogens with one attached hydrogen (secondary N) is 1. The van der Waals surface area contributed by atoms with Crippen LogP contribution in [0.2, 0.25) is 0 Å². The van der Waals surface area contributed by atoms with Crippen LogP contribution in [0.15, 0.2) is 22.6 Å². The van der Waals surface area contributed by atoms with Gasteiger partial charge < -0.3 is 14.5 Å². The van der Waals surface area contributed by atoms with E-state index in [1.807, 2.05) is 0 Å². The van der Waals surface area contributed by atoms with Crippen molar-refractivity contribution in [3.05, 3.63) is 53.0 Å². The number of rotatable bonds is 5. The van der Waals surface area contributed by atoms with Gasteiger partial charge in [0, 0.05) is 12.1 Å². The quantitative estimate of drug-likeness (QED) is 0.598. The van der Waals surface area contributed by atoms with E-state index in [2.05, 4.69) is 12.2 Å². The Morgan fingerprint density at radius 2 is 1.81 bits per heavy atom. The van der Waals surface area contributed by atoms with Crippen molar-refractivity contribution in [1.82, 2.24) is 5.32 Å². The summed E-state index contributed by atoms with van der Waals surface area (Å²) in [4.78, 5) is 12.3. The Morgan fingerprint density at radius 3 is 2.48 bits per heavy atom. The van der Waals surface area contributed by atoms with Crippen LogP contribution >= 0.6 is 0 Å². The van der Waals surface area contributed by atoms with Gasteiger partial charge in [-0.1, -0.05) is 19.8 Å². The lowest BCUT2D eigenvalue weighted by Crippen LogP contribution is -2.40. The fourth-order valence-electron chi connectivity index (χ4n) is 3.17. The summed E-state index contributed by atoms with van der Waals surface area (Å²) in [5.41, 5.74) is 0. The second kappa shape index (κ2) is 8.02. The smallest absolute Gasteiger partial charge is 0.287 e. The highest BCUT2D eigenvalue weighted by Crippen LogP contribution is 2.28. The second-order valence-electron chi connectivity index (χ2n) is 6.69. The summed E-state index contributed by atoms with van der Waals surface area (Å²) in [7, 11) is 0. The highest BCUT2D eigenvalue weighted by atomic mass is 19.2. The van der Waals surface area contributed by atoms with Crippen LogP contribution in [0.25, 0.3) is 0 Å². The first-order chi connectivity index (χ1) is 12.9. The zero-order valence-corrected chi connectivity index (χ0v) is 14.7. The first kappa shape index (κ1) is 19.3. The van der Waals surface area contributed by atoms with E-state index < -0.39 is 41.5 Å². The Bertz CT molecular complexity index is 810. The summed E-state index contributed by atoms with van der Waals surface area (Å²) in [6.45, 7) is 1.58. The summed E-state index contributed by atoms with van der Waals surface area (Å²) < 4.78 is 63.6. The molecule has 1 amide bonds. The van der Waals surface area contributed by atoms with Gasteiger partial charge in [-0.15, -0.1) is 0 Å². The van der Waals surface area contributed by atoms with Crippen molar-refractivity contribution < 1.29 is 31.5 Å². The van der Waals surface area contributed by atoms with E-state index in [4.69, 9.17) is 9.15 Å². The zero-order valence-electron chi connectivity index (χ0n) is 14.7. The van der Waals surface area contributed by atoms with Crippen molar-refractivity contribution in [3.8, 4) is 5.75 Å². The number of amides is 1. The number of benzene rings is 1. The van der Waals surface area contributed by atoms with Crippen molar-refractivity contribution in [2.75, 3.05) is 0 Å². The third kappa shape index (κ3) is 4.26. The van der Waals surface area contributed by atoms with Crippen molar-refractivity contribution >= 4 is 5.91 Å². The van der Waals surface area contributed by atoms with Gasteiger partial charge in [0.05, 0.1) is 0 Å². The average Bonchev–Trinajstić information content (AvgIpc) is 3.11. The van der Waals surface area contributed by atoms with Gasteiger partial charge in [0.2, 0.25) is 11.6 Å². The molecule has 1 aliphatic carbocycles. The maximum atomic E-state index is 13.6. The fourth-order valence-corrected chi connectivity index (χ4v) is 3.17. The lowest BCUT2D eigenvalue weighted by molar-refractivity contribution is 0.0877. The molecule has 0 spiro atoms. The number of hydrogen-bond donors (Lipinski definition) is 1. The van der Waals surface area contributed by atoms with Gasteiger partial charge >= 0.3 is 0 Å². The predicted octanol–water partition coefficient (Wildman–Crippen LogP) is 4.72. The molecule has 8 heteroatoms. The van der Waals surface area contributed by atoms with E-state index in [9.17, 15) is 22.4 Å². The van der Waals surface area contributed by atoms with Crippen LogP contribution in [0, 0.1) is 29.2 Å². The van der Waals surface area contributed by atoms with Crippen LogP contribution in [0.5, 0.6) is 5.75 Å². The number of hydrogen-bond acceptors (Lipinski definition) is 3. The van der Waals surface area contributed by atoms with Gasteiger partial charge in [-0.3, -0.25) is 4.79 Å². The lowest BCUT2D eigenvalue weighted by atomic mass is 9.86. The minimum absolute atomic E-state index is 0.0257. The number of ether oxygens (including phenoxy) is 1. The maximum Gasteiger partial charge on any atom is 0.287 e. The van der Waals surface area contributed by atoms with Crippen molar-refractivity contribution in [3.63, 3.8) is 0 Å². The van der Waals surface area contributed by atoms with E-state index in [0.717, 1.165) is 25.7 Å². The SMILES string of the molecule is CC1CCCCC1NC(=O)c1ccc(COc2c(F)c(F)cc(F)c2F)o1. The molecule has 1 fully saturated rings. The molecule has 2 unspecified atom stereocenters. The Balaban J connectivity index is 1.64. The minimum atomic E-state index is -1.63. The molecule has 0 radical (unpaired) electrons. The summed E-state index contributed by atoms with van der Waals surface area (Å²) in [5.74, 6) is -7.49. The summed E-state index contributed by atoms with van der Waals surface area (Å²) in [6.07, 6.45) is 4.13. The molecule has 1 aliphatic rings. The van der Waals surface area contributed by atoms with Gasteiger partial charge in [0.25, 0.3) is 5.91 Å². The molecule has 0 aliphatic heterocycles. The molecule has 1 N–H and O–H groups in total. The molecule has 1 aromatic carbocycles. The molecule has 1 saturated carbocycles. The van der Waals surface area contributed by atoms with E-state index in [0.29, 0.717) is 5.92 Å². The number of carbonyl (C=O) groups is 1. The molecule has 2 atom stereocenters. The van der Waals surface area contributed by atoms with Crippen LogP contribution in [0.4, 0.5) is 17.6 Å². The van der Waals surface area contributed by atoms with E-state index >= 15 is 0 Å². The number of carbonyl (C=O) groups excluding carboxylic acids is 1. The van der Waals surface area contributed by atoms with Crippen molar-refractivity contribution in [2.45, 2.75) is 45.3 Å². The Morgan fingerprint density at radius 1 is 1.15 bits per heavy atom. The maximum absolute atomic E-state index is 13.6. The predicted molar refractivity (Wildman–Crippen MR) is 88.2 cm³/mol. The van der Waals surface area contributed by atoms with Crippen molar-refractivity contribution in [1.29, 1.82) is 0 Å². The van der Waals surface area contributed by atoms with Crippen LogP contribution < -0.4 is 10.1 Å². The molecule has 4 nitrogen and oxygen atoms in total. The van der Waals surface area contributed by atoms with Gasteiger partial charge in [0.15, 0.2) is 23.1 Å². The molecule has 1 heterocycles. The largest absolute Gasteiger partial charge is 0.479 e. The van der Waals surface area contributed by atoms with E-state index in [1.165, 1.54) is 12.1 Å².